The van der Waals surface area contributed by atoms with Crippen molar-refractivity contribution in [3.8, 4) is 22.6 Å². The van der Waals surface area contributed by atoms with Gasteiger partial charge >= 0.3 is 0 Å². The van der Waals surface area contributed by atoms with Crippen LogP contribution in [0.15, 0.2) is 24.3 Å². The van der Waals surface area contributed by atoms with Gasteiger partial charge in [0, 0.05) is 13.0 Å². The fourth-order valence-corrected chi connectivity index (χ4v) is 3.23. The van der Waals surface area contributed by atoms with Crippen molar-refractivity contribution in [2.45, 2.75) is 38.4 Å². The van der Waals surface area contributed by atoms with Gasteiger partial charge in [0.25, 0.3) is 0 Å². The Kier molecular flexibility index (Phi) is 6.59. The predicted molar refractivity (Wildman–Crippen MR) is 98.5 cm³/mol. The molecule has 1 heterocycles. The summed E-state index contributed by atoms with van der Waals surface area (Å²) >= 11 is 0. The zero-order chi connectivity index (χ0) is 20.1. The molecule has 0 saturated carbocycles. The van der Waals surface area contributed by atoms with Crippen molar-refractivity contribution in [3.05, 3.63) is 47.0 Å². The molecule has 2 N–H and O–H groups in total. The molecule has 1 aliphatic rings. The molecule has 1 unspecified atom stereocenters. The molecule has 28 heavy (non-hydrogen) atoms. The van der Waals surface area contributed by atoms with Crippen molar-refractivity contribution >= 4 is 6.29 Å². The molecule has 1 aliphatic heterocycles. The number of ether oxygens (including phenoxy) is 2. The molecule has 0 bridgehead atoms. The van der Waals surface area contributed by atoms with E-state index in [1.807, 2.05) is 0 Å². The van der Waals surface area contributed by atoms with Crippen molar-refractivity contribution in [3.63, 3.8) is 0 Å². The van der Waals surface area contributed by atoms with Crippen LogP contribution in [0.5, 0.6) is 11.5 Å². The minimum Gasteiger partial charge on any atom is -0.503 e. The largest absolute Gasteiger partial charge is 0.503 e. The summed E-state index contributed by atoms with van der Waals surface area (Å²) in [5.74, 6) is -2.86. The summed E-state index contributed by atoms with van der Waals surface area (Å²) in [6.45, 7) is 0.527. The van der Waals surface area contributed by atoms with E-state index in [-0.39, 0.29) is 17.7 Å². The molecular weight excluding hydrogens is 370 g/mol. The van der Waals surface area contributed by atoms with Crippen LogP contribution in [-0.2, 0) is 11.2 Å². The van der Waals surface area contributed by atoms with E-state index in [1.165, 1.54) is 6.07 Å². The van der Waals surface area contributed by atoms with E-state index in [1.54, 1.807) is 6.07 Å². The molecule has 7 heteroatoms. The Bertz CT molecular complexity index is 824. The van der Waals surface area contributed by atoms with Gasteiger partial charge in [-0.1, -0.05) is 0 Å². The summed E-state index contributed by atoms with van der Waals surface area (Å²) in [5.41, 5.74) is 1.46. The number of phenolic OH excluding ortho intramolecular Hbond substituents is 1. The lowest BCUT2D eigenvalue weighted by Crippen LogP contribution is -2.26. The van der Waals surface area contributed by atoms with Crippen molar-refractivity contribution in [2.24, 2.45) is 0 Å². The van der Waals surface area contributed by atoms with Crippen LogP contribution in [0.25, 0.3) is 11.1 Å². The third kappa shape index (κ3) is 4.48. The van der Waals surface area contributed by atoms with Gasteiger partial charge in [-0.3, -0.25) is 4.79 Å². The maximum absolute atomic E-state index is 13.8. The molecule has 2 aromatic carbocycles. The number of benzene rings is 2. The number of aliphatic hydroxyl groups excluding tert-OH is 1. The van der Waals surface area contributed by atoms with Crippen LogP contribution in [-0.4, -0.2) is 36.0 Å². The molecule has 5 nitrogen and oxygen atoms in total. The smallest absolute Gasteiger partial charge is 0.199 e. The normalized spacial score (nSPS) is 16.8. The molecule has 0 amide bonds. The number of aromatic hydroxyl groups is 1. The Labute approximate surface area is 161 Å². The Balaban J connectivity index is 2.04. The van der Waals surface area contributed by atoms with Crippen LogP contribution in [0, 0.1) is 11.6 Å². The number of carbonyl (C=O) groups excluding carboxylic acids is 1. The third-order valence-electron chi connectivity index (χ3n) is 4.66. The van der Waals surface area contributed by atoms with E-state index in [0.717, 1.165) is 25.0 Å². The zero-order valence-electron chi connectivity index (χ0n) is 15.3. The number of phenols is 1. The van der Waals surface area contributed by atoms with Crippen LogP contribution in [0.4, 0.5) is 8.78 Å². The number of carbonyl (C=O) groups is 1. The molecule has 0 aliphatic carbocycles. The number of hydrogen-bond acceptors (Lipinski definition) is 5. The average molecular weight is 392 g/mol. The maximum atomic E-state index is 13.8. The summed E-state index contributed by atoms with van der Waals surface area (Å²) in [6, 6.07) is 5.16. The summed E-state index contributed by atoms with van der Waals surface area (Å²) < 4.78 is 39.1. The van der Waals surface area contributed by atoms with Crippen molar-refractivity contribution < 1.29 is 33.3 Å². The maximum Gasteiger partial charge on any atom is 0.199 e. The molecular formula is C21H22F2O5. The first-order chi connectivity index (χ1) is 13.5. The number of aldehydes is 1. The first kappa shape index (κ1) is 20.2. The molecule has 2 aromatic rings. The fourth-order valence-electron chi connectivity index (χ4n) is 3.23. The van der Waals surface area contributed by atoms with Crippen molar-refractivity contribution in [2.75, 3.05) is 13.2 Å². The summed E-state index contributed by atoms with van der Waals surface area (Å²) in [6.07, 6.45) is 3.62. The first-order valence-corrected chi connectivity index (χ1v) is 9.23. The lowest BCUT2D eigenvalue weighted by molar-refractivity contribution is -0.106. The van der Waals surface area contributed by atoms with Crippen molar-refractivity contribution in [1.29, 1.82) is 0 Å². The molecule has 0 spiro atoms. The predicted octanol–water partition coefficient (Wildman–Crippen LogP) is 3.98. The van der Waals surface area contributed by atoms with Gasteiger partial charge in [-0.15, -0.1) is 0 Å². The monoisotopic (exact) mass is 392 g/mol. The van der Waals surface area contributed by atoms with E-state index in [2.05, 4.69) is 0 Å². The Morgan fingerprint density at radius 1 is 1.14 bits per heavy atom. The van der Waals surface area contributed by atoms with Gasteiger partial charge in [-0.25, -0.2) is 8.78 Å². The Morgan fingerprint density at radius 2 is 1.86 bits per heavy atom. The standard InChI is InChI=1S/C21H22F2O5/c22-17-10-15(11-18(23)20(17)26)14-8-13(4-3-6-24)21(16(9-14)12-25)28-19-5-1-2-7-27-19/h8-12,19,24,26H,1-7H2. The van der Waals surface area contributed by atoms with E-state index in [0.29, 0.717) is 49.0 Å². The van der Waals surface area contributed by atoms with Gasteiger partial charge in [0.2, 0.25) is 0 Å². The highest BCUT2D eigenvalue weighted by Gasteiger charge is 2.21. The second kappa shape index (κ2) is 9.12. The minimum atomic E-state index is -1.09. The molecule has 0 aromatic heterocycles. The van der Waals surface area contributed by atoms with Gasteiger partial charge in [0.15, 0.2) is 30.0 Å². The highest BCUT2D eigenvalue weighted by molar-refractivity contribution is 5.84. The molecule has 150 valence electrons. The van der Waals surface area contributed by atoms with Gasteiger partial charge in [-0.05, 0) is 66.6 Å². The second-order valence-corrected chi connectivity index (χ2v) is 6.70. The van der Waals surface area contributed by atoms with Gasteiger partial charge in [-0.2, -0.15) is 0 Å². The van der Waals surface area contributed by atoms with E-state index >= 15 is 0 Å². The summed E-state index contributed by atoms with van der Waals surface area (Å²) in [4.78, 5) is 11.7. The number of halogens is 2. The Hall–Kier alpha value is -2.51. The van der Waals surface area contributed by atoms with Gasteiger partial charge in [0.05, 0.1) is 12.2 Å². The minimum absolute atomic E-state index is 0.0531. The fraction of sp³-hybridized carbons (Fsp3) is 0.381. The highest BCUT2D eigenvalue weighted by Crippen LogP contribution is 2.35. The average Bonchev–Trinajstić information content (AvgIpc) is 2.71. The van der Waals surface area contributed by atoms with Crippen LogP contribution in [0.2, 0.25) is 0 Å². The number of rotatable bonds is 7. The van der Waals surface area contributed by atoms with Crippen LogP contribution >= 0.6 is 0 Å². The number of aliphatic hydroxyl groups is 1. The quantitative estimate of drug-likeness (QED) is 0.697. The lowest BCUT2D eigenvalue weighted by atomic mass is 9.96. The topological polar surface area (TPSA) is 76.0 Å². The second-order valence-electron chi connectivity index (χ2n) is 6.70. The summed E-state index contributed by atoms with van der Waals surface area (Å²) in [5, 5.41) is 18.5. The van der Waals surface area contributed by atoms with E-state index in [9.17, 15) is 23.8 Å². The van der Waals surface area contributed by atoms with Crippen molar-refractivity contribution in [1.82, 2.24) is 0 Å². The number of hydrogen-bond donors (Lipinski definition) is 2. The number of aryl methyl sites for hydroxylation is 1. The first-order valence-electron chi connectivity index (χ1n) is 9.23. The molecule has 1 atom stereocenters. The van der Waals surface area contributed by atoms with E-state index in [4.69, 9.17) is 9.47 Å². The highest BCUT2D eigenvalue weighted by atomic mass is 19.1. The molecule has 3 rings (SSSR count). The summed E-state index contributed by atoms with van der Waals surface area (Å²) in [7, 11) is 0. The van der Waals surface area contributed by atoms with Gasteiger partial charge in [0.1, 0.15) is 5.75 Å². The molecule has 0 radical (unpaired) electrons. The molecule has 1 saturated heterocycles. The van der Waals surface area contributed by atoms with Gasteiger partial charge < -0.3 is 19.7 Å². The molecule has 1 fully saturated rings. The third-order valence-corrected chi connectivity index (χ3v) is 4.66. The zero-order valence-corrected chi connectivity index (χ0v) is 15.3. The van der Waals surface area contributed by atoms with Crippen LogP contribution in [0.3, 0.4) is 0 Å². The lowest BCUT2D eigenvalue weighted by Gasteiger charge is -2.26. The van der Waals surface area contributed by atoms with Crippen LogP contribution in [0.1, 0.15) is 41.6 Å². The van der Waals surface area contributed by atoms with E-state index < -0.39 is 23.7 Å². The van der Waals surface area contributed by atoms with Crippen LogP contribution < -0.4 is 4.74 Å². The Morgan fingerprint density at radius 3 is 2.46 bits per heavy atom. The SMILES string of the molecule is O=Cc1cc(-c2cc(F)c(O)c(F)c2)cc(CCCO)c1OC1CCCCO1.